The number of fused-ring (bicyclic) bond motifs is 2. The first-order valence-corrected chi connectivity index (χ1v) is 8.98. The van der Waals surface area contributed by atoms with E-state index in [-0.39, 0.29) is 22.6 Å². The van der Waals surface area contributed by atoms with Crippen LogP contribution in [0.3, 0.4) is 0 Å². The van der Waals surface area contributed by atoms with E-state index in [0.717, 1.165) is 30.3 Å². The van der Waals surface area contributed by atoms with E-state index in [1.807, 2.05) is 0 Å². The van der Waals surface area contributed by atoms with Crippen LogP contribution < -0.4 is 4.74 Å². The van der Waals surface area contributed by atoms with Crippen LogP contribution >= 0.6 is 0 Å². The fourth-order valence-corrected chi connectivity index (χ4v) is 4.52. The summed E-state index contributed by atoms with van der Waals surface area (Å²) in [5.74, 6) is -8.53. The molecule has 0 amide bonds. The SMILES string of the molecule is CC1c2c(O)cc(O)cc2OC2(c3ccc(O)c(O)c3)OS(=O)(=O)O[C@]12O. The minimum absolute atomic E-state index is 0.0189. The highest BCUT2D eigenvalue weighted by molar-refractivity contribution is 7.82. The highest BCUT2D eigenvalue weighted by Gasteiger charge is 2.73. The van der Waals surface area contributed by atoms with E-state index >= 15 is 0 Å². The van der Waals surface area contributed by atoms with Crippen molar-refractivity contribution in [2.45, 2.75) is 24.4 Å². The predicted octanol–water partition coefficient (Wildman–Crippen LogP) is 0.838. The van der Waals surface area contributed by atoms with Crippen molar-refractivity contribution < 1.29 is 47.1 Å². The smallest absolute Gasteiger partial charge is 0.406 e. The van der Waals surface area contributed by atoms with Crippen LogP contribution in [0.4, 0.5) is 0 Å². The van der Waals surface area contributed by atoms with E-state index < -0.39 is 45.1 Å². The number of aromatic hydroxyl groups is 4. The monoisotopic (exact) mass is 398 g/mol. The van der Waals surface area contributed by atoms with Gasteiger partial charge in [0, 0.05) is 23.3 Å². The van der Waals surface area contributed by atoms with E-state index in [9.17, 15) is 34.0 Å². The molecule has 0 bridgehead atoms. The summed E-state index contributed by atoms with van der Waals surface area (Å²) in [6.07, 6.45) is 0. The molecule has 0 radical (unpaired) electrons. The maximum absolute atomic E-state index is 12.1. The van der Waals surface area contributed by atoms with E-state index in [4.69, 9.17) is 13.1 Å². The maximum Gasteiger partial charge on any atom is 0.406 e. The Morgan fingerprint density at radius 3 is 2.33 bits per heavy atom. The summed E-state index contributed by atoms with van der Waals surface area (Å²) in [6.45, 7) is 1.36. The molecule has 27 heavy (non-hydrogen) atoms. The number of phenolic OH excluding ortho intramolecular Hbond substituents is 4. The molecule has 10 nitrogen and oxygen atoms in total. The van der Waals surface area contributed by atoms with Crippen molar-refractivity contribution in [3.8, 4) is 28.7 Å². The summed E-state index contributed by atoms with van der Waals surface area (Å²) in [4.78, 5) is 0. The Morgan fingerprint density at radius 2 is 1.67 bits per heavy atom. The molecule has 2 unspecified atom stereocenters. The quantitative estimate of drug-likeness (QED) is 0.435. The van der Waals surface area contributed by atoms with Crippen molar-refractivity contribution >= 4 is 10.4 Å². The average Bonchev–Trinajstić information content (AvgIpc) is 2.76. The molecule has 0 spiro atoms. The zero-order valence-electron chi connectivity index (χ0n) is 13.6. The van der Waals surface area contributed by atoms with Crippen LogP contribution in [0.2, 0.25) is 0 Å². The second-order valence-corrected chi connectivity index (χ2v) is 7.44. The van der Waals surface area contributed by atoms with Gasteiger partial charge in [0.05, 0.1) is 5.92 Å². The second kappa shape index (κ2) is 5.16. The highest BCUT2D eigenvalue weighted by Crippen LogP contribution is 2.60. The molecular formula is C16H14O10S. The Morgan fingerprint density at radius 1 is 0.963 bits per heavy atom. The summed E-state index contributed by atoms with van der Waals surface area (Å²) in [7, 11) is -4.75. The van der Waals surface area contributed by atoms with Crippen molar-refractivity contribution in [3.05, 3.63) is 41.5 Å². The van der Waals surface area contributed by atoms with Crippen molar-refractivity contribution in [1.82, 2.24) is 0 Å². The molecule has 2 heterocycles. The van der Waals surface area contributed by atoms with Gasteiger partial charge in [0.1, 0.15) is 17.2 Å². The van der Waals surface area contributed by atoms with E-state index in [1.165, 1.54) is 6.92 Å². The number of aliphatic hydroxyl groups is 1. The van der Waals surface area contributed by atoms with Crippen molar-refractivity contribution in [1.29, 1.82) is 0 Å². The minimum Gasteiger partial charge on any atom is -0.508 e. The number of benzene rings is 2. The van der Waals surface area contributed by atoms with Gasteiger partial charge >= 0.3 is 16.2 Å². The molecule has 0 saturated carbocycles. The van der Waals surface area contributed by atoms with Crippen molar-refractivity contribution in [3.63, 3.8) is 0 Å². The summed E-state index contributed by atoms with van der Waals surface area (Å²) >= 11 is 0. The van der Waals surface area contributed by atoms with Gasteiger partial charge in [0.2, 0.25) is 0 Å². The fraction of sp³-hybridized carbons (Fsp3) is 0.250. The zero-order valence-corrected chi connectivity index (χ0v) is 14.5. The zero-order chi connectivity index (χ0) is 19.8. The Balaban J connectivity index is 2.03. The molecule has 2 aliphatic heterocycles. The number of phenols is 4. The molecule has 1 saturated heterocycles. The van der Waals surface area contributed by atoms with Gasteiger partial charge in [-0.25, -0.2) is 4.18 Å². The molecule has 4 rings (SSSR count). The van der Waals surface area contributed by atoms with Gasteiger partial charge in [-0.05, 0) is 18.2 Å². The summed E-state index contributed by atoms with van der Waals surface area (Å²) in [6, 6.07) is 5.22. The van der Waals surface area contributed by atoms with E-state index in [2.05, 4.69) is 0 Å². The standard InChI is InChI=1S/C16H14O10S/c1-7-14-12(20)5-9(17)6-13(14)24-16(8-2-3-10(18)11(19)4-8)15(7,21)25-27(22,23)26-16/h2-7,17-21H,1H3/t7?,15-,16?/m1/s1. The molecule has 144 valence electrons. The Hall–Kier alpha value is -2.73. The van der Waals surface area contributed by atoms with Gasteiger partial charge in [-0.2, -0.15) is 12.6 Å². The van der Waals surface area contributed by atoms with Gasteiger partial charge in [-0.1, -0.05) is 6.92 Å². The largest absolute Gasteiger partial charge is 0.508 e. The molecule has 1 fully saturated rings. The Bertz CT molecular complexity index is 1070. The molecule has 2 aliphatic rings. The lowest BCUT2D eigenvalue weighted by molar-refractivity contribution is -0.306. The molecule has 2 aromatic rings. The van der Waals surface area contributed by atoms with Gasteiger partial charge in [-0.15, -0.1) is 0 Å². The minimum atomic E-state index is -4.75. The molecule has 5 N–H and O–H groups in total. The van der Waals surface area contributed by atoms with Crippen LogP contribution in [0.1, 0.15) is 24.0 Å². The third-order valence-electron chi connectivity index (χ3n) is 4.65. The molecule has 3 atom stereocenters. The Kier molecular flexibility index (Phi) is 3.38. The number of rotatable bonds is 1. The third-order valence-corrected chi connectivity index (χ3v) is 5.55. The number of ether oxygens (including phenoxy) is 1. The number of hydrogen-bond donors (Lipinski definition) is 5. The lowest BCUT2D eigenvalue weighted by Gasteiger charge is -2.44. The summed E-state index contributed by atoms with van der Waals surface area (Å²) < 4.78 is 39.5. The molecule has 2 aromatic carbocycles. The van der Waals surface area contributed by atoms with Crippen molar-refractivity contribution in [2.75, 3.05) is 0 Å². The van der Waals surface area contributed by atoms with Crippen LogP contribution in [0.15, 0.2) is 30.3 Å². The fourth-order valence-electron chi connectivity index (χ4n) is 3.39. The molecule has 0 aromatic heterocycles. The molecule has 0 aliphatic carbocycles. The van der Waals surface area contributed by atoms with Crippen LogP contribution in [-0.4, -0.2) is 39.7 Å². The molecular weight excluding hydrogens is 384 g/mol. The normalized spacial score (nSPS) is 31.0. The third kappa shape index (κ3) is 2.26. The Labute approximate surface area is 152 Å². The number of hydrogen-bond acceptors (Lipinski definition) is 10. The predicted molar refractivity (Wildman–Crippen MR) is 86.3 cm³/mol. The van der Waals surface area contributed by atoms with Gasteiger partial charge < -0.3 is 30.3 Å². The maximum atomic E-state index is 12.1. The van der Waals surface area contributed by atoms with E-state index in [0.29, 0.717) is 0 Å². The van der Waals surface area contributed by atoms with Crippen molar-refractivity contribution in [2.24, 2.45) is 0 Å². The highest BCUT2D eigenvalue weighted by atomic mass is 32.3. The molecule has 11 heteroatoms. The van der Waals surface area contributed by atoms with E-state index in [1.54, 1.807) is 0 Å². The lowest BCUT2D eigenvalue weighted by Crippen LogP contribution is -2.58. The van der Waals surface area contributed by atoms with Crippen LogP contribution in [0, 0.1) is 0 Å². The van der Waals surface area contributed by atoms with Gasteiger partial charge in [0.15, 0.2) is 11.5 Å². The lowest BCUT2D eigenvalue weighted by atomic mass is 9.80. The second-order valence-electron chi connectivity index (χ2n) is 6.29. The average molecular weight is 398 g/mol. The first kappa shape index (κ1) is 17.7. The van der Waals surface area contributed by atoms with Crippen LogP contribution in [0.25, 0.3) is 0 Å². The first-order chi connectivity index (χ1) is 12.5. The summed E-state index contributed by atoms with van der Waals surface area (Å²) in [5, 5.41) is 50.3. The topological polar surface area (TPSA) is 163 Å². The van der Waals surface area contributed by atoms with Crippen LogP contribution in [-0.2, 0) is 24.6 Å². The van der Waals surface area contributed by atoms with Gasteiger partial charge in [-0.3, -0.25) is 0 Å². The van der Waals surface area contributed by atoms with Crippen LogP contribution in [0.5, 0.6) is 28.7 Å². The first-order valence-electron chi connectivity index (χ1n) is 7.65. The summed E-state index contributed by atoms with van der Waals surface area (Å²) in [5.41, 5.74) is -0.212. The van der Waals surface area contributed by atoms with Gasteiger partial charge in [0.25, 0.3) is 5.79 Å².